The Bertz CT molecular complexity index is 621. The quantitative estimate of drug-likeness (QED) is 0.548. The molecule has 0 aromatic carbocycles. The van der Waals surface area contributed by atoms with Crippen LogP contribution in [0.5, 0.6) is 0 Å². The number of nitrogens with one attached hydrogen (secondary N) is 1. The number of hydrogen-bond acceptors (Lipinski definition) is 5. The number of aromatic amines is 1. The van der Waals surface area contributed by atoms with Crippen molar-refractivity contribution in [3.05, 3.63) is 18.1 Å². The average Bonchev–Trinajstić information content (AvgIpc) is 2.74. The van der Waals surface area contributed by atoms with Crippen molar-refractivity contribution in [1.29, 1.82) is 0 Å². The van der Waals surface area contributed by atoms with Gasteiger partial charge < -0.3 is 15.5 Å². The number of esters is 1. The largest absolute Gasteiger partial charge is 0.468 e. The molecule has 0 radical (unpaired) electrons. The predicted octanol–water partition coefficient (Wildman–Crippen LogP) is 0.455. The molecular weight excluding hydrogens is 220 g/mol. The molecule has 6 heteroatoms. The fraction of sp³-hybridized carbons (Fsp3) is 0.182. The van der Waals surface area contributed by atoms with Gasteiger partial charge in [0.25, 0.3) is 0 Å². The third kappa shape index (κ3) is 2.18. The first-order valence-corrected chi connectivity index (χ1v) is 4.85. The molecule has 0 atom stereocenters. The number of rotatable bonds is 1. The zero-order valence-electron chi connectivity index (χ0n) is 9.15. The first-order chi connectivity index (χ1) is 8.22. The Balaban J connectivity index is 2.33. The zero-order valence-corrected chi connectivity index (χ0v) is 9.15. The number of nitrogens with zero attached hydrogens (tertiary/aromatic N) is 2. The summed E-state index contributed by atoms with van der Waals surface area (Å²) in [5.41, 5.74) is 7.02. The Morgan fingerprint density at radius 1 is 1.59 bits per heavy atom. The van der Waals surface area contributed by atoms with Crippen LogP contribution in [-0.2, 0) is 9.53 Å². The van der Waals surface area contributed by atoms with Gasteiger partial charge in [0, 0.05) is 6.20 Å². The summed E-state index contributed by atoms with van der Waals surface area (Å²) in [4.78, 5) is 21.7. The summed E-state index contributed by atoms with van der Waals surface area (Å²) in [5.74, 6) is 5.52. The minimum atomic E-state index is -0.374. The van der Waals surface area contributed by atoms with Crippen molar-refractivity contribution in [3.8, 4) is 11.8 Å². The molecule has 17 heavy (non-hydrogen) atoms. The molecule has 0 saturated carbocycles. The minimum Gasteiger partial charge on any atom is -0.468 e. The molecule has 0 unspecified atom stereocenters. The van der Waals surface area contributed by atoms with Crippen LogP contribution in [-0.4, -0.2) is 28.0 Å². The van der Waals surface area contributed by atoms with E-state index in [2.05, 4.69) is 31.5 Å². The van der Waals surface area contributed by atoms with E-state index in [1.807, 2.05) is 0 Å². The number of nitrogen functional groups attached to an aromatic ring is 1. The number of aromatic nitrogens is 3. The van der Waals surface area contributed by atoms with E-state index in [-0.39, 0.29) is 12.4 Å². The fourth-order valence-corrected chi connectivity index (χ4v) is 1.37. The number of methoxy groups -OCH3 is 1. The molecule has 0 saturated heterocycles. The highest BCUT2D eigenvalue weighted by Gasteiger charge is 2.06. The van der Waals surface area contributed by atoms with Crippen molar-refractivity contribution in [2.75, 3.05) is 12.8 Å². The summed E-state index contributed by atoms with van der Waals surface area (Å²) in [7, 11) is 1.32. The van der Waals surface area contributed by atoms with Crippen molar-refractivity contribution >= 4 is 22.8 Å². The van der Waals surface area contributed by atoms with Crippen LogP contribution in [0.4, 0.5) is 5.82 Å². The van der Waals surface area contributed by atoms with Gasteiger partial charge in [-0.1, -0.05) is 11.8 Å². The average molecular weight is 230 g/mol. The molecular formula is C11H10N4O2. The lowest BCUT2D eigenvalue weighted by atomic mass is 10.2. The van der Waals surface area contributed by atoms with Crippen molar-refractivity contribution in [3.63, 3.8) is 0 Å². The number of ether oxygens (including phenoxy) is 1. The molecule has 2 aromatic heterocycles. The maximum atomic E-state index is 10.9. The highest BCUT2D eigenvalue weighted by atomic mass is 16.5. The maximum absolute atomic E-state index is 10.9. The second kappa shape index (κ2) is 4.53. The molecule has 86 valence electrons. The lowest BCUT2D eigenvalue weighted by Gasteiger charge is -1.93. The van der Waals surface area contributed by atoms with Crippen LogP contribution in [0.3, 0.4) is 0 Å². The SMILES string of the molecule is COC(=O)CC#Cc1c[nH]c2ncnc(N)c12. The summed E-state index contributed by atoms with van der Waals surface area (Å²) in [6.07, 6.45) is 3.09. The van der Waals surface area contributed by atoms with E-state index in [1.54, 1.807) is 6.20 Å². The Labute approximate surface area is 97.2 Å². The van der Waals surface area contributed by atoms with E-state index < -0.39 is 0 Å². The highest BCUT2D eigenvalue weighted by Crippen LogP contribution is 2.19. The Kier molecular flexibility index (Phi) is 2.92. The van der Waals surface area contributed by atoms with E-state index >= 15 is 0 Å². The number of fused-ring (bicyclic) bond motifs is 1. The van der Waals surface area contributed by atoms with Gasteiger partial charge in [-0.3, -0.25) is 4.79 Å². The van der Waals surface area contributed by atoms with Crippen molar-refractivity contribution in [1.82, 2.24) is 15.0 Å². The molecule has 6 nitrogen and oxygen atoms in total. The van der Waals surface area contributed by atoms with E-state index in [9.17, 15) is 4.79 Å². The Hall–Kier alpha value is -2.55. The number of carbonyl (C=O) groups excluding carboxylic acids is 1. The first kappa shape index (κ1) is 11.0. The van der Waals surface area contributed by atoms with E-state index in [1.165, 1.54) is 13.4 Å². The summed E-state index contributed by atoms with van der Waals surface area (Å²) in [6.45, 7) is 0. The molecule has 0 bridgehead atoms. The number of anilines is 1. The molecule has 2 rings (SSSR count). The zero-order chi connectivity index (χ0) is 12.3. The van der Waals surface area contributed by atoms with Crippen LogP contribution in [0.15, 0.2) is 12.5 Å². The third-order valence-corrected chi connectivity index (χ3v) is 2.18. The molecule has 0 aliphatic rings. The summed E-state index contributed by atoms with van der Waals surface area (Å²) >= 11 is 0. The second-order valence-corrected chi connectivity index (χ2v) is 3.24. The van der Waals surface area contributed by atoms with Crippen molar-refractivity contribution in [2.24, 2.45) is 0 Å². The lowest BCUT2D eigenvalue weighted by molar-refractivity contribution is -0.139. The van der Waals surface area contributed by atoms with Gasteiger partial charge in [-0.2, -0.15) is 0 Å². The van der Waals surface area contributed by atoms with Gasteiger partial charge in [0.2, 0.25) is 0 Å². The Morgan fingerprint density at radius 3 is 3.18 bits per heavy atom. The monoisotopic (exact) mass is 230 g/mol. The standard InChI is InChI=1S/C11H10N4O2/c1-17-8(16)4-2-3-7-5-13-11-9(7)10(12)14-6-15-11/h5-6H,4H2,1H3,(H3,12,13,14,15). The van der Waals surface area contributed by atoms with Gasteiger partial charge in [-0.05, 0) is 0 Å². The molecule has 0 aliphatic heterocycles. The summed E-state index contributed by atoms with van der Waals surface area (Å²) < 4.78 is 4.48. The maximum Gasteiger partial charge on any atom is 0.317 e. The van der Waals surface area contributed by atoms with Crippen LogP contribution in [0, 0.1) is 11.8 Å². The molecule has 2 heterocycles. The van der Waals surface area contributed by atoms with E-state index in [0.29, 0.717) is 22.4 Å². The second-order valence-electron chi connectivity index (χ2n) is 3.24. The number of nitrogens with two attached hydrogens (primary N) is 1. The van der Waals surface area contributed by atoms with Crippen molar-refractivity contribution < 1.29 is 9.53 Å². The van der Waals surface area contributed by atoms with Crippen LogP contribution in [0.2, 0.25) is 0 Å². The molecule has 0 amide bonds. The van der Waals surface area contributed by atoms with Crippen LogP contribution in [0.1, 0.15) is 12.0 Å². The summed E-state index contributed by atoms with van der Waals surface area (Å²) in [6, 6.07) is 0. The molecule has 2 aromatic rings. The van der Waals surface area contributed by atoms with Crippen LogP contribution < -0.4 is 5.73 Å². The van der Waals surface area contributed by atoms with Gasteiger partial charge in [-0.25, -0.2) is 9.97 Å². The molecule has 0 fully saturated rings. The first-order valence-electron chi connectivity index (χ1n) is 4.85. The third-order valence-electron chi connectivity index (χ3n) is 2.18. The topological polar surface area (TPSA) is 93.9 Å². The van der Waals surface area contributed by atoms with Gasteiger partial charge >= 0.3 is 5.97 Å². The number of hydrogen-bond donors (Lipinski definition) is 2. The van der Waals surface area contributed by atoms with Gasteiger partial charge in [-0.15, -0.1) is 0 Å². The van der Waals surface area contributed by atoms with Crippen LogP contribution >= 0.6 is 0 Å². The van der Waals surface area contributed by atoms with Gasteiger partial charge in [0.1, 0.15) is 24.2 Å². The van der Waals surface area contributed by atoms with E-state index in [0.717, 1.165) is 0 Å². The lowest BCUT2D eigenvalue weighted by Crippen LogP contribution is -1.97. The highest BCUT2D eigenvalue weighted by molar-refractivity contribution is 5.91. The fourth-order valence-electron chi connectivity index (χ4n) is 1.37. The number of carbonyl (C=O) groups is 1. The minimum absolute atomic E-state index is 0.0385. The van der Waals surface area contributed by atoms with Crippen LogP contribution in [0.25, 0.3) is 11.0 Å². The molecule has 0 spiro atoms. The number of H-pyrrole nitrogens is 1. The summed E-state index contributed by atoms with van der Waals surface area (Å²) in [5, 5.41) is 0.671. The predicted molar refractivity (Wildman–Crippen MR) is 61.8 cm³/mol. The van der Waals surface area contributed by atoms with Crippen molar-refractivity contribution in [2.45, 2.75) is 6.42 Å². The molecule has 3 N–H and O–H groups in total. The normalized spacial score (nSPS) is 9.71. The Morgan fingerprint density at radius 2 is 2.41 bits per heavy atom. The smallest absolute Gasteiger partial charge is 0.317 e. The van der Waals surface area contributed by atoms with Gasteiger partial charge in [0.05, 0.1) is 18.1 Å². The van der Waals surface area contributed by atoms with Gasteiger partial charge in [0.15, 0.2) is 0 Å². The van der Waals surface area contributed by atoms with E-state index in [4.69, 9.17) is 5.73 Å². The molecule has 0 aliphatic carbocycles.